The zero-order chi connectivity index (χ0) is 9.30. The van der Waals surface area contributed by atoms with Crippen LogP contribution in [-0.2, 0) is 0 Å². The summed E-state index contributed by atoms with van der Waals surface area (Å²) in [6.07, 6.45) is -1.12. The third-order valence-corrected chi connectivity index (χ3v) is 1.51. The lowest BCUT2D eigenvalue weighted by molar-refractivity contribution is 0.483. The van der Waals surface area contributed by atoms with E-state index < -0.39 is 12.0 Å². The summed E-state index contributed by atoms with van der Waals surface area (Å²) >= 11 is 5.45. The number of nitrogens with zero attached hydrogens (tertiary/aromatic N) is 3. The normalized spacial score (nSPS) is 10.1. The highest BCUT2D eigenvalue weighted by atomic mass is 35.5. The molecule has 0 aliphatic heterocycles. The Bertz CT molecular complexity index is 303. The van der Waals surface area contributed by atoms with Crippen LogP contribution in [-0.4, -0.2) is 24.1 Å². The summed E-state index contributed by atoms with van der Waals surface area (Å²) in [5, 5.41) is -0.276. The first-order valence-corrected chi connectivity index (χ1v) is 3.46. The van der Waals surface area contributed by atoms with E-state index in [1.165, 1.54) is 4.90 Å². The summed E-state index contributed by atoms with van der Waals surface area (Å²) in [7, 11) is 3.15. The summed E-state index contributed by atoms with van der Waals surface area (Å²) in [5.74, 6) is -1.02. The Kier molecular flexibility index (Phi) is 2.42. The van der Waals surface area contributed by atoms with Gasteiger partial charge in [0.15, 0.2) is 5.82 Å². The average Bonchev–Trinajstić information content (AvgIpc) is 1.96. The fourth-order valence-electron chi connectivity index (χ4n) is 0.680. The van der Waals surface area contributed by atoms with Gasteiger partial charge in [-0.25, -0.2) is 0 Å². The molecular formula is C6H6ClF2N3. The maximum Gasteiger partial charge on any atom is 0.313 e. The Labute approximate surface area is 73.0 Å². The molecule has 1 heterocycles. The highest BCUT2D eigenvalue weighted by Gasteiger charge is 2.13. The Morgan fingerprint density at radius 1 is 1.25 bits per heavy atom. The topological polar surface area (TPSA) is 29.0 Å². The van der Waals surface area contributed by atoms with Gasteiger partial charge in [0.2, 0.25) is 5.95 Å². The van der Waals surface area contributed by atoms with Crippen LogP contribution in [0.3, 0.4) is 0 Å². The standard InChI is InChI=1S/C6H6ClF2N3/c1-12(2)5-3(7)4(8)10-6(9)11-5/h1-2H3. The van der Waals surface area contributed by atoms with Gasteiger partial charge >= 0.3 is 6.08 Å². The van der Waals surface area contributed by atoms with E-state index in [-0.39, 0.29) is 10.8 Å². The first-order chi connectivity index (χ1) is 5.52. The number of hydrogen-bond donors (Lipinski definition) is 0. The fourth-order valence-corrected chi connectivity index (χ4v) is 0.934. The molecule has 0 spiro atoms. The van der Waals surface area contributed by atoms with Crippen LogP contribution in [0.1, 0.15) is 0 Å². The van der Waals surface area contributed by atoms with E-state index >= 15 is 0 Å². The van der Waals surface area contributed by atoms with E-state index in [2.05, 4.69) is 9.97 Å². The lowest BCUT2D eigenvalue weighted by Gasteiger charge is -2.11. The van der Waals surface area contributed by atoms with E-state index in [0.717, 1.165) is 0 Å². The van der Waals surface area contributed by atoms with Crippen LogP contribution in [0.25, 0.3) is 0 Å². The highest BCUT2D eigenvalue weighted by molar-refractivity contribution is 6.32. The van der Waals surface area contributed by atoms with Gasteiger partial charge < -0.3 is 4.90 Å². The third-order valence-electron chi connectivity index (χ3n) is 1.19. The maximum absolute atomic E-state index is 12.7. The van der Waals surface area contributed by atoms with Crippen LogP contribution < -0.4 is 4.90 Å². The highest BCUT2D eigenvalue weighted by Crippen LogP contribution is 2.22. The minimum atomic E-state index is -1.12. The molecule has 1 aromatic rings. The van der Waals surface area contributed by atoms with Crippen molar-refractivity contribution in [3.8, 4) is 0 Å². The zero-order valence-electron chi connectivity index (χ0n) is 6.48. The van der Waals surface area contributed by atoms with Gasteiger partial charge in [0.25, 0.3) is 0 Å². The number of halogens is 3. The summed E-state index contributed by atoms with van der Waals surface area (Å²) in [5.41, 5.74) is 0. The Morgan fingerprint density at radius 2 is 1.83 bits per heavy atom. The van der Waals surface area contributed by atoms with E-state index in [0.29, 0.717) is 0 Å². The molecule has 12 heavy (non-hydrogen) atoms. The summed E-state index contributed by atoms with van der Waals surface area (Å²) in [6, 6.07) is 0. The van der Waals surface area contributed by atoms with Crippen molar-refractivity contribution in [1.82, 2.24) is 9.97 Å². The summed E-state index contributed by atoms with van der Waals surface area (Å²) in [4.78, 5) is 7.52. The number of rotatable bonds is 1. The van der Waals surface area contributed by atoms with Gasteiger partial charge in [-0.3, -0.25) is 0 Å². The van der Waals surface area contributed by atoms with E-state index in [4.69, 9.17) is 11.6 Å². The fraction of sp³-hybridized carbons (Fsp3) is 0.333. The molecule has 66 valence electrons. The molecule has 0 atom stereocenters. The van der Waals surface area contributed by atoms with Gasteiger partial charge in [-0.1, -0.05) is 11.6 Å². The van der Waals surface area contributed by atoms with E-state index in [1.54, 1.807) is 14.1 Å². The van der Waals surface area contributed by atoms with Crippen LogP contribution in [0.15, 0.2) is 0 Å². The summed E-state index contributed by atoms with van der Waals surface area (Å²) < 4.78 is 25.1. The molecule has 0 saturated heterocycles. The predicted molar refractivity (Wildman–Crippen MR) is 41.3 cm³/mol. The lowest BCUT2D eigenvalue weighted by atomic mass is 10.5. The van der Waals surface area contributed by atoms with E-state index in [1.807, 2.05) is 0 Å². The van der Waals surface area contributed by atoms with Crippen molar-refractivity contribution < 1.29 is 8.78 Å². The Morgan fingerprint density at radius 3 is 2.33 bits per heavy atom. The maximum atomic E-state index is 12.7. The first kappa shape index (κ1) is 9.12. The van der Waals surface area contributed by atoms with Crippen molar-refractivity contribution in [3.05, 3.63) is 17.0 Å². The van der Waals surface area contributed by atoms with Crippen molar-refractivity contribution in [2.45, 2.75) is 0 Å². The SMILES string of the molecule is CN(C)c1nc(F)nc(F)c1Cl. The van der Waals surface area contributed by atoms with Crippen molar-refractivity contribution in [1.29, 1.82) is 0 Å². The zero-order valence-corrected chi connectivity index (χ0v) is 7.23. The molecule has 3 nitrogen and oxygen atoms in total. The smallest absolute Gasteiger partial charge is 0.313 e. The van der Waals surface area contributed by atoms with Gasteiger partial charge in [-0.2, -0.15) is 18.7 Å². The lowest BCUT2D eigenvalue weighted by Crippen LogP contribution is -2.13. The van der Waals surface area contributed by atoms with Gasteiger partial charge in [0.1, 0.15) is 5.02 Å². The molecule has 1 rings (SSSR count). The first-order valence-electron chi connectivity index (χ1n) is 3.08. The molecular weight excluding hydrogens is 188 g/mol. The molecule has 0 aliphatic carbocycles. The molecule has 0 saturated carbocycles. The van der Waals surface area contributed by atoms with E-state index in [9.17, 15) is 8.78 Å². The largest absolute Gasteiger partial charge is 0.361 e. The van der Waals surface area contributed by atoms with Crippen LogP contribution in [0, 0.1) is 12.0 Å². The van der Waals surface area contributed by atoms with Crippen LogP contribution in [0.5, 0.6) is 0 Å². The second-order valence-electron chi connectivity index (χ2n) is 2.32. The van der Waals surface area contributed by atoms with Crippen LogP contribution >= 0.6 is 11.6 Å². The second-order valence-corrected chi connectivity index (χ2v) is 2.69. The number of aromatic nitrogens is 2. The van der Waals surface area contributed by atoms with Crippen LogP contribution in [0.4, 0.5) is 14.6 Å². The quantitative estimate of drug-likeness (QED) is 0.500. The minimum Gasteiger partial charge on any atom is -0.361 e. The molecule has 0 fully saturated rings. The molecule has 0 aliphatic rings. The molecule has 0 N–H and O–H groups in total. The molecule has 6 heteroatoms. The summed E-state index contributed by atoms with van der Waals surface area (Å²) in [6.45, 7) is 0. The van der Waals surface area contributed by atoms with Gasteiger partial charge in [0, 0.05) is 14.1 Å². The molecule has 1 aromatic heterocycles. The van der Waals surface area contributed by atoms with Gasteiger partial charge in [-0.15, -0.1) is 0 Å². The Hall–Kier alpha value is -0.970. The third kappa shape index (κ3) is 1.61. The second kappa shape index (κ2) is 3.18. The van der Waals surface area contributed by atoms with Gasteiger partial charge in [0.05, 0.1) is 0 Å². The number of hydrogen-bond acceptors (Lipinski definition) is 3. The molecule has 0 bridgehead atoms. The minimum absolute atomic E-state index is 0.0293. The molecule has 0 unspecified atom stereocenters. The average molecular weight is 194 g/mol. The monoisotopic (exact) mass is 193 g/mol. The van der Waals surface area contributed by atoms with Crippen molar-refractivity contribution in [3.63, 3.8) is 0 Å². The molecule has 0 amide bonds. The number of anilines is 1. The molecule has 0 radical (unpaired) electrons. The Balaban J connectivity index is 3.28. The van der Waals surface area contributed by atoms with Crippen molar-refractivity contribution in [2.75, 3.05) is 19.0 Å². The van der Waals surface area contributed by atoms with Crippen molar-refractivity contribution >= 4 is 17.4 Å². The van der Waals surface area contributed by atoms with Crippen molar-refractivity contribution in [2.24, 2.45) is 0 Å². The van der Waals surface area contributed by atoms with Gasteiger partial charge in [-0.05, 0) is 0 Å². The van der Waals surface area contributed by atoms with Crippen LogP contribution in [0.2, 0.25) is 5.02 Å². The molecule has 0 aromatic carbocycles. The predicted octanol–water partition coefficient (Wildman–Crippen LogP) is 1.47.